The summed E-state index contributed by atoms with van der Waals surface area (Å²) in [5, 5.41) is 3.11. The van der Waals surface area contributed by atoms with E-state index < -0.39 is 0 Å². The van der Waals surface area contributed by atoms with Crippen LogP contribution in [0.2, 0.25) is 0 Å². The molecule has 1 atom stereocenters. The first kappa shape index (κ1) is 12.6. The standard InChI is InChI=1S/C15H20N4S/c1-3-13-11-17(8-9-18(13)6-1)12-14-4-2-7-19(14)15-16-5-10-20-15/h2,4-5,7,10,13H,1,3,6,8-9,11-12H2/t13-/m1/s1. The first-order valence-electron chi connectivity index (χ1n) is 7.43. The predicted molar refractivity (Wildman–Crippen MR) is 81.3 cm³/mol. The second-order valence-corrected chi connectivity index (χ2v) is 6.62. The number of rotatable bonds is 3. The van der Waals surface area contributed by atoms with Crippen LogP contribution in [0, 0.1) is 0 Å². The Balaban J connectivity index is 1.48. The van der Waals surface area contributed by atoms with Gasteiger partial charge in [0.1, 0.15) is 0 Å². The third-order valence-corrected chi connectivity index (χ3v) is 5.29. The van der Waals surface area contributed by atoms with Crippen molar-refractivity contribution in [3.63, 3.8) is 0 Å². The van der Waals surface area contributed by atoms with Gasteiger partial charge in [0.15, 0.2) is 5.13 Å². The number of hydrogen-bond acceptors (Lipinski definition) is 4. The quantitative estimate of drug-likeness (QED) is 0.865. The highest BCUT2D eigenvalue weighted by Gasteiger charge is 2.30. The molecule has 4 rings (SSSR count). The van der Waals surface area contributed by atoms with Crippen molar-refractivity contribution in [3.8, 4) is 5.13 Å². The molecule has 106 valence electrons. The van der Waals surface area contributed by atoms with Gasteiger partial charge in [-0.05, 0) is 31.5 Å². The summed E-state index contributed by atoms with van der Waals surface area (Å²) in [6.07, 6.45) is 6.76. The maximum atomic E-state index is 4.42. The summed E-state index contributed by atoms with van der Waals surface area (Å²) in [5.74, 6) is 0. The lowest BCUT2D eigenvalue weighted by Crippen LogP contribution is -2.49. The minimum absolute atomic E-state index is 0.798. The van der Waals surface area contributed by atoms with Crippen LogP contribution in [0.1, 0.15) is 18.5 Å². The minimum atomic E-state index is 0.798. The van der Waals surface area contributed by atoms with Crippen LogP contribution in [0.15, 0.2) is 29.9 Å². The summed E-state index contributed by atoms with van der Waals surface area (Å²) >= 11 is 1.70. The number of piperazine rings is 1. The number of hydrogen-bond donors (Lipinski definition) is 0. The van der Waals surface area contributed by atoms with E-state index >= 15 is 0 Å². The third-order valence-electron chi connectivity index (χ3n) is 4.52. The topological polar surface area (TPSA) is 24.3 Å². The first-order chi connectivity index (χ1) is 9.90. The van der Waals surface area contributed by atoms with Crippen molar-refractivity contribution in [1.29, 1.82) is 0 Å². The van der Waals surface area contributed by atoms with Gasteiger partial charge in [-0.25, -0.2) is 4.98 Å². The molecule has 2 aromatic heterocycles. The van der Waals surface area contributed by atoms with E-state index in [0.29, 0.717) is 0 Å². The summed E-state index contributed by atoms with van der Waals surface area (Å²) in [7, 11) is 0. The molecule has 2 saturated heterocycles. The second kappa shape index (κ2) is 5.31. The van der Waals surface area contributed by atoms with E-state index in [1.165, 1.54) is 44.7 Å². The number of nitrogens with zero attached hydrogens (tertiary/aromatic N) is 4. The molecular formula is C15H20N4S. The first-order valence-corrected chi connectivity index (χ1v) is 8.30. The monoisotopic (exact) mass is 288 g/mol. The average molecular weight is 288 g/mol. The fourth-order valence-corrected chi connectivity index (χ4v) is 4.15. The molecule has 4 nitrogen and oxygen atoms in total. The van der Waals surface area contributed by atoms with Gasteiger partial charge in [-0.2, -0.15) is 0 Å². The van der Waals surface area contributed by atoms with Crippen LogP contribution in [-0.4, -0.2) is 51.6 Å². The Kier molecular flexibility index (Phi) is 3.34. The lowest BCUT2D eigenvalue weighted by Gasteiger charge is -2.37. The molecule has 0 aliphatic carbocycles. The van der Waals surface area contributed by atoms with Crippen LogP contribution in [0.5, 0.6) is 0 Å². The van der Waals surface area contributed by atoms with Crippen molar-refractivity contribution in [1.82, 2.24) is 19.4 Å². The van der Waals surface area contributed by atoms with Crippen molar-refractivity contribution in [2.45, 2.75) is 25.4 Å². The Morgan fingerprint density at radius 3 is 3.20 bits per heavy atom. The van der Waals surface area contributed by atoms with Crippen LogP contribution < -0.4 is 0 Å². The molecule has 0 bridgehead atoms. The van der Waals surface area contributed by atoms with Crippen LogP contribution in [0.4, 0.5) is 0 Å². The van der Waals surface area contributed by atoms with E-state index in [1.54, 1.807) is 11.3 Å². The third kappa shape index (κ3) is 2.30. The van der Waals surface area contributed by atoms with Crippen molar-refractivity contribution < 1.29 is 0 Å². The Hall–Kier alpha value is -1.17. The molecule has 20 heavy (non-hydrogen) atoms. The molecule has 2 aliphatic rings. The summed E-state index contributed by atoms with van der Waals surface area (Å²) in [4.78, 5) is 9.69. The maximum absolute atomic E-state index is 4.42. The highest BCUT2D eigenvalue weighted by Crippen LogP contribution is 2.23. The van der Waals surface area contributed by atoms with Crippen molar-refractivity contribution >= 4 is 11.3 Å². The van der Waals surface area contributed by atoms with Gasteiger partial charge in [-0.15, -0.1) is 11.3 Å². The highest BCUT2D eigenvalue weighted by molar-refractivity contribution is 7.12. The SMILES string of the molecule is c1cc(CN2CCN3CCC[C@@H]3C2)n(-c2nccs2)c1. The molecule has 0 unspecified atom stereocenters. The van der Waals surface area contributed by atoms with Crippen LogP contribution >= 0.6 is 11.3 Å². The number of thiazole rings is 1. The molecule has 0 N–H and O–H groups in total. The molecular weight excluding hydrogens is 268 g/mol. The zero-order valence-electron chi connectivity index (χ0n) is 11.6. The summed E-state index contributed by atoms with van der Waals surface area (Å²) in [6, 6.07) is 5.15. The molecule has 2 aliphatic heterocycles. The Morgan fingerprint density at radius 2 is 2.30 bits per heavy atom. The van der Waals surface area contributed by atoms with E-state index in [9.17, 15) is 0 Å². The zero-order chi connectivity index (χ0) is 13.4. The zero-order valence-corrected chi connectivity index (χ0v) is 12.4. The Morgan fingerprint density at radius 1 is 1.30 bits per heavy atom. The van der Waals surface area contributed by atoms with Gasteiger partial charge in [0.05, 0.1) is 0 Å². The van der Waals surface area contributed by atoms with E-state index in [2.05, 4.69) is 37.7 Å². The predicted octanol–water partition coefficient (Wildman–Crippen LogP) is 2.21. The van der Waals surface area contributed by atoms with E-state index in [-0.39, 0.29) is 0 Å². The molecule has 0 amide bonds. The van der Waals surface area contributed by atoms with E-state index in [0.717, 1.165) is 17.7 Å². The van der Waals surface area contributed by atoms with Crippen molar-refractivity contribution in [3.05, 3.63) is 35.6 Å². The highest BCUT2D eigenvalue weighted by atomic mass is 32.1. The molecule has 5 heteroatoms. The largest absolute Gasteiger partial charge is 0.298 e. The van der Waals surface area contributed by atoms with Crippen molar-refractivity contribution in [2.75, 3.05) is 26.2 Å². The van der Waals surface area contributed by atoms with Gasteiger partial charge in [-0.1, -0.05) is 0 Å². The molecule has 0 saturated carbocycles. The van der Waals surface area contributed by atoms with Gasteiger partial charge < -0.3 is 0 Å². The molecule has 2 fully saturated rings. The fourth-order valence-electron chi connectivity index (χ4n) is 3.49. The lowest BCUT2D eigenvalue weighted by molar-refractivity contribution is 0.0981. The van der Waals surface area contributed by atoms with Gasteiger partial charge >= 0.3 is 0 Å². The summed E-state index contributed by atoms with van der Waals surface area (Å²) in [5.41, 5.74) is 1.35. The molecule has 4 heterocycles. The van der Waals surface area contributed by atoms with E-state index in [4.69, 9.17) is 0 Å². The van der Waals surface area contributed by atoms with Gasteiger partial charge in [-0.3, -0.25) is 14.4 Å². The molecule has 0 aromatic carbocycles. The number of fused-ring (bicyclic) bond motifs is 1. The van der Waals surface area contributed by atoms with Crippen LogP contribution in [0.3, 0.4) is 0 Å². The smallest absolute Gasteiger partial charge is 0.193 e. The maximum Gasteiger partial charge on any atom is 0.193 e. The Bertz CT molecular complexity index is 562. The van der Waals surface area contributed by atoms with E-state index in [1.807, 2.05) is 11.6 Å². The van der Waals surface area contributed by atoms with Crippen LogP contribution in [0.25, 0.3) is 5.13 Å². The normalized spacial score (nSPS) is 24.1. The molecule has 0 radical (unpaired) electrons. The van der Waals surface area contributed by atoms with Gasteiger partial charge in [0, 0.05) is 55.7 Å². The summed E-state index contributed by atoms with van der Waals surface area (Å²) in [6.45, 7) is 6.01. The van der Waals surface area contributed by atoms with Crippen molar-refractivity contribution in [2.24, 2.45) is 0 Å². The van der Waals surface area contributed by atoms with Gasteiger partial charge in [0.25, 0.3) is 0 Å². The minimum Gasteiger partial charge on any atom is -0.298 e. The summed E-state index contributed by atoms with van der Waals surface area (Å²) < 4.78 is 2.23. The van der Waals surface area contributed by atoms with Gasteiger partial charge in [0.2, 0.25) is 0 Å². The lowest BCUT2D eigenvalue weighted by atomic mass is 10.1. The number of aromatic nitrogens is 2. The fraction of sp³-hybridized carbons (Fsp3) is 0.533. The molecule has 2 aromatic rings. The molecule has 0 spiro atoms. The Labute approximate surface area is 123 Å². The average Bonchev–Trinajstić information content (AvgIpc) is 3.19. The van der Waals surface area contributed by atoms with Crippen LogP contribution in [-0.2, 0) is 6.54 Å². The second-order valence-electron chi connectivity index (χ2n) is 5.75.